The molecular formula is C18H15BrN2O. The van der Waals surface area contributed by atoms with Crippen molar-refractivity contribution in [1.82, 2.24) is 4.90 Å². The molecule has 1 saturated heterocycles. The lowest BCUT2D eigenvalue weighted by atomic mass is 10.0. The van der Waals surface area contributed by atoms with Gasteiger partial charge >= 0.3 is 0 Å². The lowest BCUT2D eigenvalue weighted by molar-refractivity contribution is 0.0735. The van der Waals surface area contributed by atoms with E-state index >= 15 is 0 Å². The number of amides is 1. The fraction of sp³-hybridized carbons (Fsp3) is 0.222. The van der Waals surface area contributed by atoms with E-state index in [0.717, 1.165) is 29.4 Å². The second kappa shape index (κ2) is 6.33. The highest BCUT2D eigenvalue weighted by Crippen LogP contribution is 2.33. The third kappa shape index (κ3) is 2.90. The minimum atomic E-state index is 0.00233. The van der Waals surface area contributed by atoms with E-state index in [1.807, 2.05) is 17.0 Å². The zero-order valence-corrected chi connectivity index (χ0v) is 13.6. The summed E-state index contributed by atoms with van der Waals surface area (Å²) in [5.74, 6) is 0.00233. The van der Waals surface area contributed by atoms with Gasteiger partial charge in [0.15, 0.2) is 0 Å². The summed E-state index contributed by atoms with van der Waals surface area (Å²) < 4.78 is 1.04. The predicted molar refractivity (Wildman–Crippen MR) is 88.3 cm³/mol. The molecule has 0 radical (unpaired) electrons. The van der Waals surface area contributed by atoms with Crippen LogP contribution in [0.15, 0.2) is 53.0 Å². The average Bonchev–Trinajstić information content (AvgIpc) is 3.04. The van der Waals surface area contributed by atoms with Gasteiger partial charge in [0.25, 0.3) is 5.91 Å². The van der Waals surface area contributed by atoms with Gasteiger partial charge in [-0.05, 0) is 48.7 Å². The van der Waals surface area contributed by atoms with E-state index in [4.69, 9.17) is 5.26 Å². The van der Waals surface area contributed by atoms with E-state index in [2.05, 4.69) is 34.1 Å². The smallest absolute Gasteiger partial charge is 0.254 e. The minimum absolute atomic E-state index is 0.00233. The predicted octanol–water partition coefficient (Wildman–Crippen LogP) is 4.30. The molecule has 1 amide bonds. The highest BCUT2D eigenvalue weighted by atomic mass is 79.9. The number of likely N-dealkylation sites (tertiary alicyclic amines) is 1. The number of nitriles is 1. The molecule has 1 unspecified atom stereocenters. The van der Waals surface area contributed by atoms with Crippen LogP contribution < -0.4 is 0 Å². The van der Waals surface area contributed by atoms with E-state index in [-0.39, 0.29) is 11.9 Å². The maximum Gasteiger partial charge on any atom is 0.254 e. The zero-order valence-electron chi connectivity index (χ0n) is 12.0. The third-order valence-corrected chi connectivity index (χ3v) is 4.54. The molecule has 0 saturated carbocycles. The van der Waals surface area contributed by atoms with Crippen molar-refractivity contribution in [2.45, 2.75) is 18.9 Å². The molecule has 1 aliphatic heterocycles. The Hall–Kier alpha value is -2.12. The molecule has 2 aromatic carbocycles. The van der Waals surface area contributed by atoms with Crippen LogP contribution in [-0.2, 0) is 0 Å². The Kier molecular flexibility index (Phi) is 4.26. The molecule has 3 nitrogen and oxygen atoms in total. The fourth-order valence-electron chi connectivity index (χ4n) is 2.93. The molecule has 0 bridgehead atoms. The van der Waals surface area contributed by atoms with Crippen LogP contribution in [0.5, 0.6) is 0 Å². The number of halogens is 1. The molecule has 22 heavy (non-hydrogen) atoms. The molecule has 2 aromatic rings. The summed E-state index contributed by atoms with van der Waals surface area (Å²) in [7, 11) is 0. The highest BCUT2D eigenvalue weighted by molar-refractivity contribution is 9.10. The van der Waals surface area contributed by atoms with E-state index < -0.39 is 0 Å². The Labute approximate surface area is 138 Å². The van der Waals surface area contributed by atoms with Crippen molar-refractivity contribution in [3.63, 3.8) is 0 Å². The van der Waals surface area contributed by atoms with Crippen molar-refractivity contribution in [1.29, 1.82) is 5.26 Å². The quantitative estimate of drug-likeness (QED) is 0.806. The molecule has 110 valence electrons. The Morgan fingerprint density at radius 1 is 1.23 bits per heavy atom. The monoisotopic (exact) mass is 354 g/mol. The van der Waals surface area contributed by atoms with Crippen LogP contribution in [0.1, 0.15) is 40.4 Å². The molecule has 1 aliphatic rings. The average molecular weight is 355 g/mol. The molecule has 0 aliphatic carbocycles. The van der Waals surface area contributed by atoms with Crippen LogP contribution in [0.4, 0.5) is 0 Å². The van der Waals surface area contributed by atoms with Gasteiger partial charge in [-0.25, -0.2) is 0 Å². The second-order valence-electron chi connectivity index (χ2n) is 5.40. The maximum atomic E-state index is 12.8. The first-order valence-corrected chi connectivity index (χ1v) is 8.05. The summed E-state index contributed by atoms with van der Waals surface area (Å²) in [4.78, 5) is 14.7. The lowest BCUT2D eigenvalue weighted by Gasteiger charge is -2.25. The fourth-order valence-corrected chi connectivity index (χ4v) is 3.19. The third-order valence-electron chi connectivity index (χ3n) is 4.01. The standard InChI is InChI=1S/C18H15BrN2O/c19-16-8-6-14(7-9-16)17-5-2-10-21(17)18(22)15-4-1-3-13(11-15)12-20/h1,3-4,6-9,11,17H,2,5,10H2. The van der Waals surface area contributed by atoms with Gasteiger partial charge in [0.1, 0.15) is 0 Å². The molecular weight excluding hydrogens is 340 g/mol. The van der Waals surface area contributed by atoms with Crippen molar-refractivity contribution >= 4 is 21.8 Å². The highest BCUT2D eigenvalue weighted by Gasteiger charge is 2.30. The van der Waals surface area contributed by atoms with E-state index in [1.54, 1.807) is 24.3 Å². The summed E-state index contributed by atoms with van der Waals surface area (Å²) in [5.41, 5.74) is 2.26. The number of hydrogen-bond acceptors (Lipinski definition) is 2. The number of nitrogens with zero attached hydrogens (tertiary/aromatic N) is 2. The first kappa shape index (κ1) is 14.8. The topological polar surface area (TPSA) is 44.1 Å². The van der Waals surface area contributed by atoms with Gasteiger partial charge in [0, 0.05) is 16.6 Å². The van der Waals surface area contributed by atoms with Crippen LogP contribution in [0, 0.1) is 11.3 Å². The van der Waals surface area contributed by atoms with Crippen molar-refractivity contribution in [2.75, 3.05) is 6.54 Å². The minimum Gasteiger partial charge on any atom is -0.332 e. The number of benzene rings is 2. The summed E-state index contributed by atoms with van der Waals surface area (Å²) in [6.45, 7) is 0.760. The van der Waals surface area contributed by atoms with Gasteiger partial charge in [-0.15, -0.1) is 0 Å². The first-order valence-electron chi connectivity index (χ1n) is 7.25. The van der Waals surface area contributed by atoms with Gasteiger partial charge in [0.05, 0.1) is 17.7 Å². The number of carbonyl (C=O) groups excluding carboxylic acids is 1. The number of rotatable bonds is 2. The van der Waals surface area contributed by atoms with Crippen LogP contribution in [0.2, 0.25) is 0 Å². The molecule has 0 N–H and O–H groups in total. The summed E-state index contributed by atoms with van der Waals surface area (Å²) in [6.07, 6.45) is 1.98. The maximum absolute atomic E-state index is 12.8. The van der Waals surface area contributed by atoms with Crippen molar-refractivity contribution in [3.05, 3.63) is 69.7 Å². The van der Waals surface area contributed by atoms with Crippen LogP contribution in [0.3, 0.4) is 0 Å². The summed E-state index contributed by atoms with van der Waals surface area (Å²) in [5, 5.41) is 8.99. The molecule has 0 spiro atoms. The van der Waals surface area contributed by atoms with E-state index in [0.29, 0.717) is 11.1 Å². The van der Waals surface area contributed by atoms with Gasteiger partial charge in [-0.2, -0.15) is 5.26 Å². The Bertz CT molecular complexity index is 733. The molecule has 0 aromatic heterocycles. The molecule has 1 heterocycles. The molecule has 3 rings (SSSR count). The van der Waals surface area contributed by atoms with Crippen LogP contribution in [0.25, 0.3) is 0 Å². The normalized spacial score (nSPS) is 17.3. The second-order valence-corrected chi connectivity index (χ2v) is 6.32. The Balaban J connectivity index is 1.87. The van der Waals surface area contributed by atoms with Crippen molar-refractivity contribution in [2.24, 2.45) is 0 Å². The van der Waals surface area contributed by atoms with Gasteiger partial charge in [-0.1, -0.05) is 34.1 Å². The summed E-state index contributed by atoms with van der Waals surface area (Å²) in [6, 6.07) is 17.3. The van der Waals surface area contributed by atoms with Gasteiger partial charge in [-0.3, -0.25) is 4.79 Å². The SMILES string of the molecule is N#Cc1cccc(C(=O)N2CCCC2c2ccc(Br)cc2)c1. The molecule has 1 fully saturated rings. The van der Waals surface area contributed by atoms with Crippen LogP contribution >= 0.6 is 15.9 Å². The van der Waals surface area contributed by atoms with Gasteiger partial charge in [0.2, 0.25) is 0 Å². The van der Waals surface area contributed by atoms with Crippen molar-refractivity contribution < 1.29 is 4.79 Å². The van der Waals surface area contributed by atoms with Crippen LogP contribution in [-0.4, -0.2) is 17.4 Å². The van der Waals surface area contributed by atoms with E-state index in [1.165, 1.54) is 0 Å². The summed E-state index contributed by atoms with van der Waals surface area (Å²) >= 11 is 3.44. The van der Waals surface area contributed by atoms with E-state index in [9.17, 15) is 4.79 Å². The Morgan fingerprint density at radius 2 is 2.00 bits per heavy atom. The van der Waals surface area contributed by atoms with Gasteiger partial charge < -0.3 is 4.90 Å². The molecule has 4 heteroatoms. The first-order chi connectivity index (χ1) is 10.7. The lowest BCUT2D eigenvalue weighted by Crippen LogP contribution is -2.30. The molecule has 1 atom stereocenters. The Morgan fingerprint density at radius 3 is 2.73 bits per heavy atom. The number of hydrogen-bond donors (Lipinski definition) is 0. The van der Waals surface area contributed by atoms with Crippen molar-refractivity contribution in [3.8, 4) is 6.07 Å². The largest absolute Gasteiger partial charge is 0.332 e. The number of carbonyl (C=O) groups is 1. The zero-order chi connectivity index (χ0) is 15.5.